The first-order chi connectivity index (χ1) is 6.85. The van der Waals surface area contributed by atoms with Crippen molar-refractivity contribution in [3.8, 4) is 0 Å². The van der Waals surface area contributed by atoms with Crippen LogP contribution in [0, 0.1) is 0 Å². The van der Waals surface area contributed by atoms with E-state index >= 15 is 0 Å². The summed E-state index contributed by atoms with van der Waals surface area (Å²) >= 11 is 0. The van der Waals surface area contributed by atoms with Crippen LogP contribution < -0.4 is 0 Å². The van der Waals surface area contributed by atoms with Crippen molar-refractivity contribution in [1.29, 1.82) is 0 Å². The maximum Gasteiger partial charge on any atom is 0.0826 e. The lowest BCUT2D eigenvalue weighted by Crippen LogP contribution is -2.20. The molecule has 0 radical (unpaired) electrons. The Labute approximate surface area is 86.5 Å². The Morgan fingerprint density at radius 2 is 1.79 bits per heavy atom. The first-order valence-corrected chi connectivity index (χ1v) is 5.02. The topological polar surface area (TPSA) is 36.9 Å². The fourth-order valence-electron chi connectivity index (χ4n) is 0.978. The third-order valence-corrected chi connectivity index (χ3v) is 1.86. The Hall–Kier alpha value is -0.160. The van der Waals surface area contributed by atoms with Crippen molar-refractivity contribution in [1.82, 2.24) is 0 Å². The molecule has 0 heterocycles. The van der Waals surface area contributed by atoms with Crippen LogP contribution in [0.25, 0.3) is 0 Å². The van der Waals surface area contributed by atoms with Crippen LogP contribution >= 0.6 is 0 Å². The normalized spacial score (nSPS) is 13.1. The molecule has 0 saturated heterocycles. The second kappa shape index (κ2) is 10.9. The van der Waals surface area contributed by atoms with Gasteiger partial charge in [-0.3, -0.25) is 0 Å². The summed E-state index contributed by atoms with van der Waals surface area (Å²) in [6.07, 6.45) is 0.998. The predicted molar refractivity (Wildman–Crippen MR) is 54.6 cm³/mol. The van der Waals surface area contributed by atoms with E-state index in [2.05, 4.69) is 0 Å². The lowest BCUT2D eigenvalue weighted by atomic mass is 10.3. The Morgan fingerprint density at radius 3 is 2.36 bits per heavy atom. The maximum absolute atomic E-state index is 5.33. The Kier molecular flexibility index (Phi) is 10.8. The van der Waals surface area contributed by atoms with Gasteiger partial charge in [0.05, 0.1) is 25.9 Å². The fourth-order valence-corrected chi connectivity index (χ4v) is 0.978. The van der Waals surface area contributed by atoms with Crippen molar-refractivity contribution in [3.63, 3.8) is 0 Å². The van der Waals surface area contributed by atoms with Gasteiger partial charge >= 0.3 is 0 Å². The van der Waals surface area contributed by atoms with Gasteiger partial charge in [0.15, 0.2) is 0 Å². The predicted octanol–water partition coefficient (Wildman–Crippen LogP) is 1.09. The SMILES string of the molecule is CCOCC(CCOCCOC)OC. The second-order valence-corrected chi connectivity index (χ2v) is 2.91. The molecule has 0 amide bonds. The van der Waals surface area contributed by atoms with Crippen LogP contribution in [0.2, 0.25) is 0 Å². The molecule has 1 unspecified atom stereocenters. The standard InChI is InChI=1S/C10H22O4/c1-4-13-9-10(12-3)5-6-14-8-7-11-2/h10H,4-9H2,1-3H3. The van der Waals surface area contributed by atoms with E-state index in [-0.39, 0.29) is 6.10 Å². The van der Waals surface area contributed by atoms with Crippen molar-refractivity contribution in [2.24, 2.45) is 0 Å². The summed E-state index contributed by atoms with van der Waals surface area (Å²) in [7, 11) is 3.36. The maximum atomic E-state index is 5.33. The van der Waals surface area contributed by atoms with Crippen LogP contribution in [-0.2, 0) is 18.9 Å². The second-order valence-electron chi connectivity index (χ2n) is 2.91. The van der Waals surface area contributed by atoms with Gasteiger partial charge in [-0.1, -0.05) is 0 Å². The molecular formula is C10H22O4. The highest BCUT2D eigenvalue weighted by Crippen LogP contribution is 1.98. The van der Waals surface area contributed by atoms with E-state index in [1.54, 1.807) is 14.2 Å². The van der Waals surface area contributed by atoms with E-state index in [1.165, 1.54) is 0 Å². The minimum atomic E-state index is 0.137. The zero-order valence-corrected chi connectivity index (χ0v) is 9.45. The molecule has 0 aromatic heterocycles. The van der Waals surface area contributed by atoms with E-state index in [1.807, 2.05) is 6.92 Å². The smallest absolute Gasteiger partial charge is 0.0826 e. The van der Waals surface area contributed by atoms with Crippen LogP contribution in [0.1, 0.15) is 13.3 Å². The van der Waals surface area contributed by atoms with Gasteiger partial charge in [0.2, 0.25) is 0 Å². The first-order valence-electron chi connectivity index (χ1n) is 5.02. The average molecular weight is 206 g/mol. The third-order valence-electron chi connectivity index (χ3n) is 1.86. The highest BCUT2D eigenvalue weighted by molar-refractivity contribution is 4.55. The average Bonchev–Trinajstić information content (AvgIpc) is 2.22. The highest BCUT2D eigenvalue weighted by Gasteiger charge is 2.06. The monoisotopic (exact) mass is 206 g/mol. The lowest BCUT2D eigenvalue weighted by Gasteiger charge is -2.14. The molecule has 0 aromatic rings. The summed E-state index contributed by atoms with van der Waals surface area (Å²) < 4.78 is 20.7. The number of ether oxygens (including phenoxy) is 4. The molecule has 0 aliphatic rings. The van der Waals surface area contributed by atoms with Crippen LogP contribution in [0.5, 0.6) is 0 Å². The van der Waals surface area contributed by atoms with Gasteiger partial charge in [0.1, 0.15) is 0 Å². The van der Waals surface area contributed by atoms with Crippen LogP contribution in [-0.4, -0.2) is 53.4 Å². The molecule has 4 heteroatoms. The number of rotatable bonds is 10. The summed E-state index contributed by atoms with van der Waals surface area (Å²) in [6.45, 7) is 5.31. The largest absolute Gasteiger partial charge is 0.382 e. The fraction of sp³-hybridized carbons (Fsp3) is 1.00. The quantitative estimate of drug-likeness (QED) is 0.501. The molecule has 4 nitrogen and oxygen atoms in total. The highest BCUT2D eigenvalue weighted by atomic mass is 16.5. The number of hydrogen-bond acceptors (Lipinski definition) is 4. The van der Waals surface area contributed by atoms with Gasteiger partial charge in [-0.15, -0.1) is 0 Å². The summed E-state index contributed by atoms with van der Waals surface area (Å²) in [5, 5.41) is 0. The van der Waals surface area contributed by atoms with E-state index in [4.69, 9.17) is 18.9 Å². The van der Waals surface area contributed by atoms with Gasteiger partial charge < -0.3 is 18.9 Å². The summed E-state index contributed by atoms with van der Waals surface area (Å²) in [4.78, 5) is 0. The number of hydrogen-bond donors (Lipinski definition) is 0. The van der Waals surface area contributed by atoms with E-state index in [9.17, 15) is 0 Å². The molecule has 0 saturated carbocycles. The van der Waals surface area contributed by atoms with Crippen molar-refractivity contribution in [3.05, 3.63) is 0 Å². The van der Waals surface area contributed by atoms with Crippen molar-refractivity contribution >= 4 is 0 Å². The molecule has 14 heavy (non-hydrogen) atoms. The summed E-state index contributed by atoms with van der Waals surface area (Å²) in [5.74, 6) is 0. The third kappa shape index (κ3) is 8.44. The van der Waals surface area contributed by atoms with Gasteiger partial charge in [-0.25, -0.2) is 0 Å². The molecule has 0 aliphatic heterocycles. The van der Waals surface area contributed by atoms with Gasteiger partial charge in [0, 0.05) is 27.4 Å². The van der Waals surface area contributed by atoms with Crippen LogP contribution in [0.15, 0.2) is 0 Å². The number of methoxy groups -OCH3 is 2. The van der Waals surface area contributed by atoms with E-state index in [0.717, 1.165) is 13.0 Å². The Morgan fingerprint density at radius 1 is 1.00 bits per heavy atom. The minimum Gasteiger partial charge on any atom is -0.382 e. The van der Waals surface area contributed by atoms with E-state index < -0.39 is 0 Å². The van der Waals surface area contributed by atoms with Gasteiger partial charge in [-0.2, -0.15) is 0 Å². The van der Waals surface area contributed by atoms with Crippen molar-refractivity contribution in [2.45, 2.75) is 19.4 Å². The first kappa shape index (κ1) is 13.8. The molecule has 0 aromatic carbocycles. The Balaban J connectivity index is 3.24. The van der Waals surface area contributed by atoms with Crippen molar-refractivity contribution in [2.75, 3.05) is 47.3 Å². The minimum absolute atomic E-state index is 0.137. The molecule has 0 fully saturated rings. The zero-order valence-electron chi connectivity index (χ0n) is 9.45. The van der Waals surface area contributed by atoms with Crippen molar-refractivity contribution < 1.29 is 18.9 Å². The molecule has 0 rings (SSSR count). The summed E-state index contributed by atoms with van der Waals surface area (Å²) in [6, 6.07) is 0. The van der Waals surface area contributed by atoms with Crippen LogP contribution in [0.4, 0.5) is 0 Å². The molecule has 1 atom stereocenters. The van der Waals surface area contributed by atoms with Crippen LogP contribution in [0.3, 0.4) is 0 Å². The van der Waals surface area contributed by atoms with E-state index in [0.29, 0.717) is 26.4 Å². The molecule has 0 bridgehead atoms. The van der Waals surface area contributed by atoms with Gasteiger partial charge in [-0.05, 0) is 13.3 Å². The molecule has 0 N–H and O–H groups in total. The Bertz CT molecular complexity index is 108. The zero-order chi connectivity index (χ0) is 10.6. The van der Waals surface area contributed by atoms with Gasteiger partial charge in [0.25, 0.3) is 0 Å². The molecular weight excluding hydrogens is 184 g/mol. The lowest BCUT2D eigenvalue weighted by molar-refractivity contribution is -0.0128. The summed E-state index contributed by atoms with van der Waals surface area (Å²) in [5.41, 5.74) is 0. The molecule has 0 aliphatic carbocycles. The molecule has 0 spiro atoms. The molecule has 86 valence electrons.